The van der Waals surface area contributed by atoms with Crippen molar-refractivity contribution in [1.82, 2.24) is 5.32 Å². The first-order valence-corrected chi connectivity index (χ1v) is 8.96. The van der Waals surface area contributed by atoms with E-state index in [1.54, 1.807) is 0 Å². The molecule has 132 valence electrons. The lowest BCUT2D eigenvalue weighted by molar-refractivity contribution is -0.130. The van der Waals surface area contributed by atoms with E-state index in [9.17, 15) is 4.79 Å². The van der Waals surface area contributed by atoms with Crippen molar-refractivity contribution in [3.05, 3.63) is 65.7 Å². The van der Waals surface area contributed by atoms with Gasteiger partial charge in [0.2, 0.25) is 5.91 Å². The number of ether oxygens (including phenoxy) is 2. The van der Waals surface area contributed by atoms with Crippen molar-refractivity contribution in [2.45, 2.75) is 38.4 Å². The molecule has 0 radical (unpaired) electrons. The molecule has 1 fully saturated rings. The number of hydrogen-bond donors (Lipinski definition) is 1. The Hall–Kier alpha value is -2.33. The maximum Gasteiger partial charge on any atom is 0.249 e. The minimum absolute atomic E-state index is 0.0298. The number of hydrogen-bond acceptors (Lipinski definition) is 3. The highest BCUT2D eigenvalue weighted by molar-refractivity contribution is 5.80. The third kappa shape index (κ3) is 5.61. The first-order valence-electron chi connectivity index (χ1n) is 8.96. The zero-order valence-corrected chi connectivity index (χ0v) is 14.4. The summed E-state index contributed by atoms with van der Waals surface area (Å²) in [6, 6.07) is 18.3. The summed E-state index contributed by atoms with van der Waals surface area (Å²) in [6.45, 7) is 1.97. The molecule has 1 unspecified atom stereocenters. The second-order valence-corrected chi connectivity index (χ2v) is 6.31. The van der Waals surface area contributed by atoms with Gasteiger partial charge < -0.3 is 14.8 Å². The Kier molecular flexibility index (Phi) is 6.46. The lowest BCUT2D eigenvalue weighted by Crippen LogP contribution is -2.34. The summed E-state index contributed by atoms with van der Waals surface area (Å²) in [5, 5.41) is 2.96. The minimum Gasteiger partial charge on any atom is -0.489 e. The SMILES string of the molecule is O=C(NCCCc1ccc(OCc2ccccc2)cc1)C1CCCO1. The van der Waals surface area contributed by atoms with Crippen molar-refractivity contribution in [2.75, 3.05) is 13.2 Å². The molecule has 4 heteroatoms. The summed E-state index contributed by atoms with van der Waals surface area (Å²) < 4.78 is 11.2. The number of amides is 1. The molecule has 2 aromatic carbocycles. The third-order valence-corrected chi connectivity index (χ3v) is 4.34. The second-order valence-electron chi connectivity index (χ2n) is 6.31. The molecule has 1 N–H and O–H groups in total. The molecular formula is C21H25NO3. The smallest absolute Gasteiger partial charge is 0.249 e. The Balaban J connectivity index is 1.35. The van der Waals surface area contributed by atoms with Crippen LogP contribution in [0, 0.1) is 0 Å². The van der Waals surface area contributed by atoms with Crippen LogP contribution in [0.15, 0.2) is 54.6 Å². The summed E-state index contributed by atoms with van der Waals surface area (Å²) in [4.78, 5) is 11.8. The summed E-state index contributed by atoms with van der Waals surface area (Å²) >= 11 is 0. The van der Waals surface area contributed by atoms with Crippen LogP contribution in [-0.2, 0) is 22.6 Å². The van der Waals surface area contributed by atoms with E-state index in [2.05, 4.69) is 29.6 Å². The number of carbonyl (C=O) groups is 1. The predicted octanol–water partition coefficient (Wildman–Crippen LogP) is 3.49. The van der Waals surface area contributed by atoms with Crippen LogP contribution in [0.25, 0.3) is 0 Å². The van der Waals surface area contributed by atoms with Gasteiger partial charge in [-0.3, -0.25) is 4.79 Å². The van der Waals surface area contributed by atoms with Gasteiger partial charge in [0.05, 0.1) is 0 Å². The van der Waals surface area contributed by atoms with E-state index in [4.69, 9.17) is 9.47 Å². The maximum absolute atomic E-state index is 11.8. The average Bonchev–Trinajstić information content (AvgIpc) is 3.20. The number of aryl methyl sites for hydroxylation is 1. The van der Waals surface area contributed by atoms with Crippen molar-refractivity contribution in [1.29, 1.82) is 0 Å². The lowest BCUT2D eigenvalue weighted by atomic mass is 10.1. The second kappa shape index (κ2) is 9.23. The predicted molar refractivity (Wildman–Crippen MR) is 97.5 cm³/mol. The molecule has 25 heavy (non-hydrogen) atoms. The van der Waals surface area contributed by atoms with Crippen molar-refractivity contribution in [2.24, 2.45) is 0 Å². The highest BCUT2D eigenvalue weighted by Crippen LogP contribution is 2.15. The van der Waals surface area contributed by atoms with Gasteiger partial charge in [-0.2, -0.15) is 0 Å². The number of benzene rings is 2. The normalized spacial score (nSPS) is 16.6. The molecule has 1 aliphatic rings. The van der Waals surface area contributed by atoms with E-state index in [-0.39, 0.29) is 12.0 Å². The van der Waals surface area contributed by atoms with Gasteiger partial charge in [-0.1, -0.05) is 42.5 Å². The van der Waals surface area contributed by atoms with Crippen molar-refractivity contribution < 1.29 is 14.3 Å². The molecule has 1 amide bonds. The van der Waals surface area contributed by atoms with Crippen molar-refractivity contribution in [3.8, 4) is 5.75 Å². The maximum atomic E-state index is 11.8. The van der Waals surface area contributed by atoms with E-state index < -0.39 is 0 Å². The van der Waals surface area contributed by atoms with E-state index in [1.165, 1.54) is 5.56 Å². The van der Waals surface area contributed by atoms with Crippen LogP contribution in [0.3, 0.4) is 0 Å². The largest absolute Gasteiger partial charge is 0.489 e. The Bertz CT molecular complexity index is 649. The topological polar surface area (TPSA) is 47.6 Å². The Morgan fingerprint density at radius 2 is 1.88 bits per heavy atom. The molecule has 0 aliphatic carbocycles. The fraction of sp³-hybridized carbons (Fsp3) is 0.381. The monoisotopic (exact) mass is 339 g/mol. The summed E-state index contributed by atoms with van der Waals surface area (Å²) in [5.41, 5.74) is 2.41. The molecule has 0 spiro atoms. The molecule has 1 saturated heterocycles. The fourth-order valence-electron chi connectivity index (χ4n) is 2.90. The molecule has 3 rings (SSSR count). The Labute approximate surface area is 149 Å². The highest BCUT2D eigenvalue weighted by Gasteiger charge is 2.22. The number of rotatable bonds is 8. The molecular weight excluding hydrogens is 314 g/mol. The van der Waals surface area contributed by atoms with Crippen LogP contribution in [0.5, 0.6) is 5.75 Å². The van der Waals surface area contributed by atoms with Crippen LogP contribution in [0.4, 0.5) is 0 Å². The van der Waals surface area contributed by atoms with Crippen molar-refractivity contribution >= 4 is 5.91 Å². The lowest BCUT2D eigenvalue weighted by Gasteiger charge is -2.10. The Morgan fingerprint density at radius 1 is 1.08 bits per heavy atom. The standard InChI is InChI=1S/C21H25NO3/c23-21(20-9-5-15-24-20)22-14-4-8-17-10-12-19(13-11-17)25-16-18-6-2-1-3-7-18/h1-3,6-7,10-13,20H,4-5,8-9,14-16H2,(H,22,23). The number of carbonyl (C=O) groups excluding carboxylic acids is 1. The van der Waals surface area contributed by atoms with E-state index >= 15 is 0 Å². The fourth-order valence-corrected chi connectivity index (χ4v) is 2.90. The van der Waals surface area contributed by atoms with Gasteiger partial charge in [-0.15, -0.1) is 0 Å². The highest BCUT2D eigenvalue weighted by atomic mass is 16.5. The molecule has 1 atom stereocenters. The van der Waals surface area contributed by atoms with E-state index in [1.807, 2.05) is 30.3 Å². The van der Waals surface area contributed by atoms with Gasteiger partial charge in [0.1, 0.15) is 18.5 Å². The van der Waals surface area contributed by atoms with Gasteiger partial charge in [0.15, 0.2) is 0 Å². The average molecular weight is 339 g/mol. The van der Waals surface area contributed by atoms with E-state index in [0.717, 1.165) is 37.0 Å². The zero-order chi connectivity index (χ0) is 17.3. The van der Waals surface area contributed by atoms with Gasteiger partial charge in [0.25, 0.3) is 0 Å². The summed E-state index contributed by atoms with van der Waals surface area (Å²) in [5.74, 6) is 0.904. The van der Waals surface area contributed by atoms with Crippen LogP contribution >= 0.6 is 0 Å². The van der Waals surface area contributed by atoms with Crippen LogP contribution < -0.4 is 10.1 Å². The Morgan fingerprint density at radius 3 is 2.60 bits per heavy atom. The third-order valence-electron chi connectivity index (χ3n) is 4.34. The van der Waals surface area contributed by atoms with Crippen LogP contribution in [0.1, 0.15) is 30.4 Å². The molecule has 1 aliphatic heterocycles. The molecule has 0 saturated carbocycles. The van der Waals surface area contributed by atoms with E-state index in [0.29, 0.717) is 19.8 Å². The zero-order valence-electron chi connectivity index (χ0n) is 14.4. The molecule has 2 aromatic rings. The van der Waals surface area contributed by atoms with Gasteiger partial charge in [0, 0.05) is 13.2 Å². The van der Waals surface area contributed by atoms with Gasteiger partial charge in [-0.25, -0.2) is 0 Å². The molecule has 1 heterocycles. The minimum atomic E-state index is -0.235. The van der Waals surface area contributed by atoms with Crippen LogP contribution in [0.2, 0.25) is 0 Å². The summed E-state index contributed by atoms with van der Waals surface area (Å²) in [6.07, 6.45) is 3.45. The molecule has 0 bridgehead atoms. The van der Waals surface area contributed by atoms with Crippen LogP contribution in [-0.4, -0.2) is 25.2 Å². The molecule has 0 aromatic heterocycles. The van der Waals surface area contributed by atoms with Gasteiger partial charge >= 0.3 is 0 Å². The van der Waals surface area contributed by atoms with Crippen molar-refractivity contribution in [3.63, 3.8) is 0 Å². The summed E-state index contributed by atoms with van der Waals surface area (Å²) in [7, 11) is 0. The quantitative estimate of drug-likeness (QED) is 0.749. The first kappa shape index (κ1) is 17.5. The first-order chi connectivity index (χ1) is 12.3. The van der Waals surface area contributed by atoms with Gasteiger partial charge in [-0.05, 0) is 48.9 Å². The number of nitrogens with one attached hydrogen (secondary N) is 1. The molecule has 4 nitrogen and oxygen atoms in total.